The summed E-state index contributed by atoms with van der Waals surface area (Å²) in [6, 6.07) is 18.4. The van der Waals surface area contributed by atoms with Gasteiger partial charge in [-0.2, -0.15) is 0 Å². The number of ether oxygens (including phenoxy) is 1. The first-order chi connectivity index (χ1) is 10.3. The van der Waals surface area contributed by atoms with Crippen molar-refractivity contribution in [3.8, 4) is 0 Å². The van der Waals surface area contributed by atoms with Gasteiger partial charge in [-0.15, -0.1) is 0 Å². The van der Waals surface area contributed by atoms with Crippen molar-refractivity contribution in [1.82, 2.24) is 0 Å². The highest BCUT2D eigenvalue weighted by Gasteiger charge is 2.47. The summed E-state index contributed by atoms with van der Waals surface area (Å²) in [7, 11) is 0. The molecule has 21 heavy (non-hydrogen) atoms. The molecule has 2 aliphatic rings. The fraction of sp³-hybridized carbons (Fsp3) is 0.294. The molecule has 0 N–H and O–H groups in total. The molecule has 0 radical (unpaired) electrons. The van der Waals surface area contributed by atoms with E-state index in [9.17, 15) is 0 Å². The molecule has 0 aromatic heterocycles. The van der Waals surface area contributed by atoms with Gasteiger partial charge < -0.3 is 4.74 Å². The Labute approximate surface area is 129 Å². The molecule has 0 aliphatic carbocycles. The third-order valence-electron chi connectivity index (χ3n) is 4.18. The zero-order valence-corrected chi connectivity index (χ0v) is 12.2. The summed E-state index contributed by atoms with van der Waals surface area (Å²) < 4.78 is 5.71. The van der Waals surface area contributed by atoms with Crippen molar-refractivity contribution in [2.24, 2.45) is 5.92 Å². The Morgan fingerprint density at radius 1 is 1.00 bits per heavy atom. The Bertz CT molecular complexity index is 616. The average Bonchev–Trinajstić information content (AvgIpc) is 3.10. The molecular formula is C17H16ClNO2. The molecule has 2 saturated heterocycles. The Morgan fingerprint density at radius 3 is 2.52 bits per heavy atom. The molecule has 3 nitrogen and oxygen atoms in total. The summed E-state index contributed by atoms with van der Waals surface area (Å²) in [5.74, 6) is 0.353. The number of hydrogen-bond acceptors (Lipinski definition) is 3. The Morgan fingerprint density at radius 2 is 1.76 bits per heavy atom. The summed E-state index contributed by atoms with van der Waals surface area (Å²) >= 11 is 6.01. The van der Waals surface area contributed by atoms with Crippen molar-refractivity contribution in [2.45, 2.75) is 18.8 Å². The van der Waals surface area contributed by atoms with Crippen molar-refractivity contribution in [1.29, 1.82) is 0 Å². The highest BCUT2D eigenvalue weighted by molar-refractivity contribution is 6.30. The number of hydroxylamine groups is 1. The molecule has 0 bridgehead atoms. The van der Waals surface area contributed by atoms with E-state index < -0.39 is 0 Å². The molecule has 2 heterocycles. The Kier molecular flexibility index (Phi) is 3.34. The summed E-state index contributed by atoms with van der Waals surface area (Å²) in [5.41, 5.74) is 2.26. The van der Waals surface area contributed by atoms with Crippen molar-refractivity contribution in [3.05, 3.63) is 65.2 Å². The zero-order valence-electron chi connectivity index (χ0n) is 11.5. The first-order valence-electron chi connectivity index (χ1n) is 7.21. The highest BCUT2D eigenvalue weighted by Crippen LogP contribution is 2.46. The van der Waals surface area contributed by atoms with Gasteiger partial charge in [-0.25, -0.2) is 9.90 Å². The van der Waals surface area contributed by atoms with E-state index in [2.05, 4.69) is 24.3 Å². The Hall–Kier alpha value is -1.55. The van der Waals surface area contributed by atoms with Gasteiger partial charge in [-0.1, -0.05) is 41.9 Å². The number of hydrogen-bond donors (Lipinski definition) is 0. The predicted octanol–water partition coefficient (Wildman–Crippen LogP) is 4.20. The first kappa shape index (κ1) is 13.1. The van der Waals surface area contributed by atoms with E-state index in [0.29, 0.717) is 5.92 Å². The van der Waals surface area contributed by atoms with Gasteiger partial charge in [0, 0.05) is 10.9 Å². The molecule has 0 amide bonds. The largest absolute Gasteiger partial charge is 0.350 e. The van der Waals surface area contributed by atoms with E-state index in [-0.39, 0.29) is 12.3 Å². The number of rotatable bonds is 2. The number of nitrogens with zero attached hydrogens (tertiary/aromatic N) is 1. The predicted molar refractivity (Wildman–Crippen MR) is 82.0 cm³/mol. The van der Waals surface area contributed by atoms with Crippen LogP contribution in [0, 0.1) is 5.92 Å². The monoisotopic (exact) mass is 301 g/mol. The van der Waals surface area contributed by atoms with Crippen molar-refractivity contribution in [2.75, 3.05) is 11.7 Å². The van der Waals surface area contributed by atoms with Crippen LogP contribution in [-0.2, 0) is 9.57 Å². The lowest BCUT2D eigenvalue weighted by Gasteiger charge is -2.27. The van der Waals surface area contributed by atoms with E-state index in [1.807, 2.05) is 35.4 Å². The minimum absolute atomic E-state index is 0.147. The van der Waals surface area contributed by atoms with Gasteiger partial charge in [-0.3, -0.25) is 0 Å². The fourth-order valence-corrected chi connectivity index (χ4v) is 3.31. The zero-order chi connectivity index (χ0) is 14.2. The molecular weight excluding hydrogens is 286 g/mol. The smallest absolute Gasteiger partial charge is 0.189 e. The van der Waals surface area contributed by atoms with Crippen LogP contribution >= 0.6 is 11.6 Å². The second kappa shape index (κ2) is 5.34. The molecule has 2 aliphatic heterocycles. The molecule has 2 fully saturated rings. The second-order valence-electron chi connectivity index (χ2n) is 5.45. The summed E-state index contributed by atoms with van der Waals surface area (Å²) in [6.45, 7) is 0.766. The van der Waals surface area contributed by atoms with Crippen LogP contribution in [-0.4, -0.2) is 12.9 Å². The molecule has 4 heteroatoms. The standard InChI is InChI=1S/C17H16ClNO2/c18-13-8-6-12(7-9-13)16-15-10-11-20-17(15)21-19(16)14-4-2-1-3-5-14/h1-9,15-17H,10-11H2/t15?,16-,17+/m0/s1. The number of benzene rings is 2. The summed E-state index contributed by atoms with van der Waals surface area (Å²) in [4.78, 5) is 6.05. The van der Waals surface area contributed by atoms with Crippen LogP contribution in [0.1, 0.15) is 18.0 Å². The minimum Gasteiger partial charge on any atom is -0.350 e. The number of para-hydroxylation sites is 1. The number of fused-ring (bicyclic) bond motifs is 1. The van der Waals surface area contributed by atoms with E-state index >= 15 is 0 Å². The third-order valence-corrected chi connectivity index (χ3v) is 4.43. The fourth-order valence-electron chi connectivity index (χ4n) is 3.19. The molecule has 108 valence electrons. The van der Waals surface area contributed by atoms with Crippen molar-refractivity contribution in [3.63, 3.8) is 0 Å². The van der Waals surface area contributed by atoms with Crippen LogP contribution in [0.4, 0.5) is 5.69 Å². The molecule has 3 atom stereocenters. The van der Waals surface area contributed by atoms with Crippen LogP contribution in [0.2, 0.25) is 5.02 Å². The lowest BCUT2D eigenvalue weighted by molar-refractivity contribution is -0.100. The SMILES string of the molecule is Clc1ccc([C@H]2C3CCO[C@@H]3ON2c2ccccc2)cc1. The van der Waals surface area contributed by atoms with Crippen molar-refractivity contribution < 1.29 is 9.57 Å². The van der Waals surface area contributed by atoms with Gasteiger partial charge in [0.25, 0.3) is 0 Å². The average molecular weight is 302 g/mol. The van der Waals surface area contributed by atoms with Crippen LogP contribution in [0.25, 0.3) is 0 Å². The van der Waals surface area contributed by atoms with Gasteiger partial charge in [0.2, 0.25) is 0 Å². The maximum Gasteiger partial charge on any atom is 0.189 e. The van der Waals surface area contributed by atoms with E-state index in [4.69, 9.17) is 21.2 Å². The maximum atomic E-state index is 6.05. The highest BCUT2D eigenvalue weighted by atomic mass is 35.5. The van der Waals surface area contributed by atoms with Gasteiger partial charge in [0.05, 0.1) is 18.3 Å². The molecule has 0 saturated carbocycles. The normalized spacial score (nSPS) is 27.9. The lowest BCUT2D eigenvalue weighted by Crippen LogP contribution is -2.24. The first-order valence-corrected chi connectivity index (χ1v) is 7.59. The Balaban J connectivity index is 1.73. The lowest BCUT2D eigenvalue weighted by atomic mass is 9.92. The van der Waals surface area contributed by atoms with E-state index in [1.165, 1.54) is 5.56 Å². The molecule has 2 aromatic carbocycles. The topological polar surface area (TPSA) is 21.7 Å². The quantitative estimate of drug-likeness (QED) is 0.830. The van der Waals surface area contributed by atoms with Gasteiger partial charge >= 0.3 is 0 Å². The van der Waals surface area contributed by atoms with E-state index in [1.54, 1.807) is 0 Å². The van der Waals surface area contributed by atoms with Crippen LogP contribution in [0.5, 0.6) is 0 Å². The van der Waals surface area contributed by atoms with Crippen molar-refractivity contribution >= 4 is 17.3 Å². The third kappa shape index (κ3) is 2.31. The maximum absolute atomic E-state index is 6.05. The van der Waals surface area contributed by atoms with Crippen LogP contribution in [0.3, 0.4) is 0 Å². The van der Waals surface area contributed by atoms with Gasteiger partial charge in [-0.05, 0) is 36.2 Å². The van der Waals surface area contributed by atoms with Gasteiger partial charge in [0.15, 0.2) is 6.29 Å². The molecule has 1 unspecified atom stereocenters. The molecule has 4 rings (SSSR count). The summed E-state index contributed by atoms with van der Waals surface area (Å²) in [6.07, 6.45) is 0.868. The molecule has 0 spiro atoms. The minimum atomic E-state index is -0.147. The number of halogens is 1. The second-order valence-corrected chi connectivity index (χ2v) is 5.89. The van der Waals surface area contributed by atoms with Crippen LogP contribution in [0.15, 0.2) is 54.6 Å². The molecule has 2 aromatic rings. The van der Waals surface area contributed by atoms with E-state index in [0.717, 1.165) is 23.7 Å². The summed E-state index contributed by atoms with van der Waals surface area (Å²) in [5, 5.41) is 2.74. The van der Waals surface area contributed by atoms with Gasteiger partial charge in [0.1, 0.15) is 0 Å². The number of anilines is 1. The van der Waals surface area contributed by atoms with Crippen LogP contribution < -0.4 is 5.06 Å².